The van der Waals surface area contributed by atoms with E-state index in [1.165, 1.54) is 0 Å². The van der Waals surface area contributed by atoms with Crippen LogP contribution in [0.1, 0.15) is 5.56 Å². The van der Waals surface area contributed by atoms with E-state index < -0.39 is 0 Å². The van der Waals surface area contributed by atoms with E-state index in [1.54, 1.807) is 0 Å². The molecule has 0 amide bonds. The van der Waals surface area contributed by atoms with Crippen molar-refractivity contribution in [1.82, 2.24) is 4.57 Å². The zero-order valence-corrected chi connectivity index (χ0v) is 8.61. The molecule has 0 saturated carbocycles. The van der Waals surface area contributed by atoms with E-state index in [9.17, 15) is 0 Å². The van der Waals surface area contributed by atoms with Crippen molar-refractivity contribution in [2.75, 3.05) is 5.73 Å². The van der Waals surface area contributed by atoms with Crippen LogP contribution in [0.5, 0.6) is 0 Å². The fourth-order valence-corrected chi connectivity index (χ4v) is 1.67. The van der Waals surface area contributed by atoms with Gasteiger partial charge in [-0.25, -0.2) is 0 Å². The second kappa shape index (κ2) is 3.80. The van der Waals surface area contributed by atoms with E-state index in [2.05, 4.69) is 18.7 Å². The van der Waals surface area contributed by atoms with Crippen molar-refractivity contribution in [2.45, 2.75) is 5.75 Å². The molecule has 0 unspecified atom stereocenters. The Morgan fingerprint density at radius 3 is 2.57 bits per heavy atom. The topological polar surface area (TPSA) is 30.9 Å². The zero-order chi connectivity index (χ0) is 9.97. The first kappa shape index (κ1) is 9.21. The number of nitrogens with two attached hydrogens (primary N) is 1. The molecule has 1 heterocycles. The molecule has 2 aromatic rings. The summed E-state index contributed by atoms with van der Waals surface area (Å²) in [5.41, 5.74) is 8.78. The molecule has 0 aliphatic heterocycles. The summed E-state index contributed by atoms with van der Waals surface area (Å²) < 4.78 is 2.05. The van der Waals surface area contributed by atoms with E-state index in [0.717, 1.165) is 16.9 Å². The fourth-order valence-electron chi connectivity index (χ4n) is 1.40. The van der Waals surface area contributed by atoms with Gasteiger partial charge < -0.3 is 10.3 Å². The number of thiol groups is 1. The lowest BCUT2D eigenvalue weighted by molar-refractivity contribution is 1.08. The number of rotatable bonds is 2. The van der Waals surface area contributed by atoms with Gasteiger partial charge in [0.15, 0.2) is 0 Å². The normalized spacial score (nSPS) is 10.4. The molecule has 1 aromatic heterocycles. The van der Waals surface area contributed by atoms with Crippen LogP contribution >= 0.6 is 12.6 Å². The maximum absolute atomic E-state index is 5.80. The van der Waals surface area contributed by atoms with Crippen molar-refractivity contribution >= 4 is 18.3 Å². The van der Waals surface area contributed by atoms with E-state index in [0.29, 0.717) is 5.75 Å². The summed E-state index contributed by atoms with van der Waals surface area (Å²) in [6.07, 6.45) is 4.02. The molecular formula is C11H12N2S. The van der Waals surface area contributed by atoms with Crippen LogP contribution in [0.25, 0.3) is 5.69 Å². The standard InChI is InChI=1S/C11H12N2S/c12-11-4-3-10(7-9(11)8-14)13-5-1-2-6-13/h1-7,14H,8,12H2. The Morgan fingerprint density at radius 2 is 1.93 bits per heavy atom. The largest absolute Gasteiger partial charge is 0.398 e. The highest BCUT2D eigenvalue weighted by molar-refractivity contribution is 7.79. The number of hydrogen-bond acceptors (Lipinski definition) is 2. The van der Waals surface area contributed by atoms with Gasteiger partial charge in [-0.3, -0.25) is 0 Å². The third-order valence-electron chi connectivity index (χ3n) is 2.20. The van der Waals surface area contributed by atoms with Gasteiger partial charge >= 0.3 is 0 Å². The molecule has 2 nitrogen and oxygen atoms in total. The molecule has 0 atom stereocenters. The smallest absolute Gasteiger partial charge is 0.0453 e. The predicted octanol–water partition coefficient (Wildman–Crippen LogP) is 2.49. The van der Waals surface area contributed by atoms with E-state index in [4.69, 9.17) is 5.73 Å². The summed E-state index contributed by atoms with van der Waals surface area (Å²) in [6.45, 7) is 0. The Morgan fingerprint density at radius 1 is 1.21 bits per heavy atom. The van der Waals surface area contributed by atoms with Crippen LogP contribution in [0.3, 0.4) is 0 Å². The summed E-state index contributed by atoms with van der Waals surface area (Å²) in [5, 5.41) is 0. The van der Waals surface area contributed by atoms with E-state index >= 15 is 0 Å². The van der Waals surface area contributed by atoms with Crippen LogP contribution in [0.15, 0.2) is 42.7 Å². The SMILES string of the molecule is Nc1ccc(-n2cccc2)cc1CS. The monoisotopic (exact) mass is 204 g/mol. The maximum atomic E-state index is 5.80. The van der Waals surface area contributed by atoms with Gasteiger partial charge in [-0.2, -0.15) is 12.6 Å². The van der Waals surface area contributed by atoms with Crippen molar-refractivity contribution in [3.8, 4) is 5.69 Å². The second-order valence-electron chi connectivity index (χ2n) is 3.13. The number of nitrogens with zero attached hydrogens (tertiary/aromatic N) is 1. The first-order chi connectivity index (χ1) is 6.81. The minimum Gasteiger partial charge on any atom is -0.398 e. The first-order valence-electron chi connectivity index (χ1n) is 4.44. The predicted molar refractivity (Wildman–Crippen MR) is 62.9 cm³/mol. The van der Waals surface area contributed by atoms with Crippen LogP contribution in [-0.4, -0.2) is 4.57 Å². The summed E-state index contributed by atoms with van der Waals surface area (Å²) >= 11 is 4.24. The molecule has 0 bridgehead atoms. The quantitative estimate of drug-likeness (QED) is 0.571. The third kappa shape index (κ3) is 1.63. The Kier molecular flexibility index (Phi) is 2.50. The average molecular weight is 204 g/mol. The van der Waals surface area contributed by atoms with E-state index in [-0.39, 0.29) is 0 Å². The molecule has 2 rings (SSSR count). The van der Waals surface area contributed by atoms with Crippen LogP contribution in [0.2, 0.25) is 0 Å². The highest BCUT2D eigenvalue weighted by Crippen LogP contribution is 2.18. The number of hydrogen-bond donors (Lipinski definition) is 2. The Labute approximate surface area is 88.8 Å². The van der Waals surface area contributed by atoms with Crippen molar-refractivity contribution in [1.29, 1.82) is 0 Å². The summed E-state index contributed by atoms with van der Waals surface area (Å²) in [7, 11) is 0. The molecular weight excluding hydrogens is 192 g/mol. The molecule has 14 heavy (non-hydrogen) atoms. The highest BCUT2D eigenvalue weighted by Gasteiger charge is 2.00. The van der Waals surface area contributed by atoms with Crippen LogP contribution < -0.4 is 5.73 Å². The summed E-state index contributed by atoms with van der Waals surface area (Å²) in [6, 6.07) is 9.97. The van der Waals surface area contributed by atoms with Gasteiger partial charge in [0.1, 0.15) is 0 Å². The highest BCUT2D eigenvalue weighted by atomic mass is 32.1. The summed E-state index contributed by atoms with van der Waals surface area (Å²) in [5.74, 6) is 0.668. The first-order valence-corrected chi connectivity index (χ1v) is 5.07. The molecule has 3 heteroatoms. The van der Waals surface area contributed by atoms with Crippen LogP contribution in [-0.2, 0) is 5.75 Å². The molecule has 0 radical (unpaired) electrons. The number of benzene rings is 1. The molecule has 2 N–H and O–H groups in total. The van der Waals surface area contributed by atoms with E-state index in [1.807, 2.05) is 41.2 Å². The van der Waals surface area contributed by atoms with Crippen LogP contribution in [0.4, 0.5) is 5.69 Å². The second-order valence-corrected chi connectivity index (χ2v) is 3.45. The van der Waals surface area contributed by atoms with Crippen molar-refractivity contribution in [3.63, 3.8) is 0 Å². The van der Waals surface area contributed by atoms with Gasteiger partial charge in [-0.1, -0.05) is 0 Å². The molecule has 1 aromatic carbocycles. The molecule has 0 saturated heterocycles. The minimum atomic E-state index is 0.668. The maximum Gasteiger partial charge on any atom is 0.0453 e. The number of anilines is 1. The van der Waals surface area contributed by atoms with Crippen molar-refractivity contribution in [3.05, 3.63) is 48.3 Å². The molecule has 0 aliphatic rings. The van der Waals surface area contributed by atoms with Gasteiger partial charge in [0.25, 0.3) is 0 Å². The van der Waals surface area contributed by atoms with Gasteiger partial charge in [-0.15, -0.1) is 0 Å². The molecule has 0 aliphatic carbocycles. The van der Waals surface area contributed by atoms with Gasteiger partial charge in [0.05, 0.1) is 0 Å². The van der Waals surface area contributed by atoms with Gasteiger partial charge in [-0.05, 0) is 35.9 Å². The van der Waals surface area contributed by atoms with Gasteiger partial charge in [0, 0.05) is 29.5 Å². The molecule has 0 fully saturated rings. The zero-order valence-electron chi connectivity index (χ0n) is 7.72. The Hall–Kier alpha value is -1.35. The van der Waals surface area contributed by atoms with Crippen LogP contribution in [0, 0.1) is 0 Å². The number of nitrogen functional groups attached to an aromatic ring is 1. The Balaban J connectivity index is 2.46. The molecule has 0 spiro atoms. The van der Waals surface area contributed by atoms with Crippen molar-refractivity contribution < 1.29 is 0 Å². The lowest BCUT2D eigenvalue weighted by Crippen LogP contribution is -1.95. The Bertz CT molecular complexity index is 421. The van der Waals surface area contributed by atoms with Crippen molar-refractivity contribution in [2.24, 2.45) is 0 Å². The molecule has 72 valence electrons. The third-order valence-corrected chi connectivity index (χ3v) is 2.54. The summed E-state index contributed by atoms with van der Waals surface area (Å²) in [4.78, 5) is 0. The van der Waals surface area contributed by atoms with Gasteiger partial charge in [0.2, 0.25) is 0 Å². The number of aromatic nitrogens is 1. The lowest BCUT2D eigenvalue weighted by atomic mass is 10.2. The fraction of sp³-hybridized carbons (Fsp3) is 0.0909. The minimum absolute atomic E-state index is 0.668. The lowest BCUT2D eigenvalue weighted by Gasteiger charge is -2.07. The average Bonchev–Trinajstić information content (AvgIpc) is 2.71.